The van der Waals surface area contributed by atoms with E-state index in [9.17, 15) is 4.79 Å². The highest BCUT2D eigenvalue weighted by molar-refractivity contribution is 5.81. The number of carbonyl (C=O) groups is 1. The summed E-state index contributed by atoms with van der Waals surface area (Å²) >= 11 is 0. The van der Waals surface area contributed by atoms with Crippen molar-refractivity contribution in [2.24, 2.45) is 5.92 Å². The molecule has 0 aliphatic carbocycles. The van der Waals surface area contributed by atoms with Crippen LogP contribution in [-0.4, -0.2) is 49.1 Å². The Morgan fingerprint density at radius 1 is 1.32 bits per heavy atom. The van der Waals surface area contributed by atoms with Crippen LogP contribution < -0.4 is 10.6 Å². The summed E-state index contributed by atoms with van der Waals surface area (Å²) in [6, 6.07) is 0.496. The van der Waals surface area contributed by atoms with Gasteiger partial charge in [-0.05, 0) is 45.7 Å². The van der Waals surface area contributed by atoms with Gasteiger partial charge in [-0.25, -0.2) is 0 Å². The van der Waals surface area contributed by atoms with E-state index in [4.69, 9.17) is 0 Å². The van der Waals surface area contributed by atoms with E-state index in [1.165, 1.54) is 19.3 Å². The van der Waals surface area contributed by atoms with Crippen molar-refractivity contribution in [3.8, 4) is 0 Å². The average molecular weight is 269 g/mol. The summed E-state index contributed by atoms with van der Waals surface area (Å²) in [6.45, 7) is 12.3. The van der Waals surface area contributed by atoms with Crippen molar-refractivity contribution in [1.29, 1.82) is 0 Å². The van der Waals surface area contributed by atoms with E-state index >= 15 is 0 Å². The zero-order chi connectivity index (χ0) is 14.3. The number of amides is 1. The summed E-state index contributed by atoms with van der Waals surface area (Å²) < 4.78 is 0. The summed E-state index contributed by atoms with van der Waals surface area (Å²) in [5.74, 6) is 0.844. The second-order valence-electron chi connectivity index (χ2n) is 6.01. The molecule has 0 spiro atoms. The smallest absolute Gasteiger partial charge is 0.237 e. The minimum atomic E-state index is -0.00824. The lowest BCUT2D eigenvalue weighted by atomic mass is 9.99. The minimum Gasteiger partial charge on any atom is -0.355 e. The van der Waals surface area contributed by atoms with Crippen molar-refractivity contribution in [3.05, 3.63) is 0 Å². The maximum Gasteiger partial charge on any atom is 0.237 e. The third-order valence-electron chi connectivity index (χ3n) is 3.83. The Balaban J connectivity index is 2.49. The second kappa shape index (κ2) is 8.54. The molecule has 1 aliphatic rings. The van der Waals surface area contributed by atoms with Crippen LogP contribution in [0, 0.1) is 5.92 Å². The molecule has 0 aromatic rings. The first kappa shape index (κ1) is 16.4. The quantitative estimate of drug-likeness (QED) is 0.738. The summed E-state index contributed by atoms with van der Waals surface area (Å²) in [7, 11) is 0. The molecule has 4 nitrogen and oxygen atoms in total. The molecule has 2 N–H and O–H groups in total. The van der Waals surface area contributed by atoms with Gasteiger partial charge in [0, 0.05) is 19.1 Å². The summed E-state index contributed by atoms with van der Waals surface area (Å²) in [4.78, 5) is 14.4. The number of nitrogens with zero attached hydrogens (tertiary/aromatic N) is 1. The van der Waals surface area contributed by atoms with Gasteiger partial charge in [-0.3, -0.25) is 9.69 Å². The monoisotopic (exact) mass is 269 g/mol. The fourth-order valence-corrected chi connectivity index (χ4v) is 2.76. The molecule has 0 bridgehead atoms. The number of carbonyl (C=O) groups excluding carboxylic acids is 1. The van der Waals surface area contributed by atoms with E-state index in [0.717, 1.165) is 19.6 Å². The Bertz CT molecular complexity index is 268. The van der Waals surface area contributed by atoms with E-state index in [2.05, 4.69) is 29.4 Å². The topological polar surface area (TPSA) is 44.4 Å². The molecule has 19 heavy (non-hydrogen) atoms. The van der Waals surface area contributed by atoms with Crippen LogP contribution in [0.2, 0.25) is 0 Å². The number of rotatable bonds is 7. The van der Waals surface area contributed by atoms with Gasteiger partial charge >= 0.3 is 0 Å². The molecule has 1 fully saturated rings. The third kappa shape index (κ3) is 5.49. The summed E-state index contributed by atoms with van der Waals surface area (Å²) in [5.41, 5.74) is 0. The average Bonchev–Trinajstić information content (AvgIpc) is 2.38. The molecule has 2 unspecified atom stereocenters. The molecule has 1 heterocycles. The minimum absolute atomic E-state index is 0.00824. The van der Waals surface area contributed by atoms with Crippen LogP contribution in [0.1, 0.15) is 47.0 Å². The standard InChI is InChI=1S/C15H31N3O/c1-5-17-15(19)13(4)18-9-7-6-8-14(18)11-16-10-12(2)3/h12-14,16H,5-11H2,1-4H3,(H,17,19). The van der Waals surface area contributed by atoms with Crippen LogP contribution in [0.25, 0.3) is 0 Å². The molecule has 1 rings (SSSR count). The number of nitrogens with one attached hydrogen (secondary N) is 2. The van der Waals surface area contributed by atoms with Gasteiger partial charge < -0.3 is 10.6 Å². The maximum absolute atomic E-state index is 12.0. The molecule has 1 amide bonds. The van der Waals surface area contributed by atoms with Gasteiger partial charge in [-0.2, -0.15) is 0 Å². The van der Waals surface area contributed by atoms with Crippen molar-refractivity contribution in [2.75, 3.05) is 26.2 Å². The van der Waals surface area contributed by atoms with Crippen LogP contribution in [0.4, 0.5) is 0 Å². The van der Waals surface area contributed by atoms with Gasteiger partial charge in [0.15, 0.2) is 0 Å². The molecule has 0 aromatic carbocycles. The van der Waals surface area contributed by atoms with Gasteiger partial charge in [0.2, 0.25) is 5.91 Å². The molecule has 0 radical (unpaired) electrons. The summed E-state index contributed by atoms with van der Waals surface area (Å²) in [6.07, 6.45) is 3.70. The Hall–Kier alpha value is -0.610. The van der Waals surface area contributed by atoms with Crippen molar-refractivity contribution in [3.63, 3.8) is 0 Å². The fraction of sp³-hybridized carbons (Fsp3) is 0.933. The van der Waals surface area contributed by atoms with Crippen molar-refractivity contribution < 1.29 is 4.79 Å². The van der Waals surface area contributed by atoms with E-state index in [1.54, 1.807) is 0 Å². The molecular formula is C15H31N3O. The lowest BCUT2D eigenvalue weighted by Gasteiger charge is -2.39. The number of hydrogen-bond acceptors (Lipinski definition) is 3. The van der Waals surface area contributed by atoms with Crippen LogP contribution in [0.5, 0.6) is 0 Å². The Labute approximate surface area is 118 Å². The van der Waals surface area contributed by atoms with E-state index in [0.29, 0.717) is 18.5 Å². The lowest BCUT2D eigenvalue weighted by Crippen LogP contribution is -2.54. The van der Waals surface area contributed by atoms with Gasteiger partial charge in [0.05, 0.1) is 6.04 Å². The zero-order valence-corrected chi connectivity index (χ0v) is 13.0. The summed E-state index contributed by atoms with van der Waals surface area (Å²) in [5, 5.41) is 6.47. The zero-order valence-electron chi connectivity index (χ0n) is 13.0. The first-order valence-electron chi connectivity index (χ1n) is 7.80. The SMILES string of the molecule is CCNC(=O)C(C)N1CCCCC1CNCC(C)C. The normalized spacial score (nSPS) is 22.5. The molecule has 2 atom stereocenters. The van der Waals surface area contributed by atoms with Gasteiger partial charge in [0.1, 0.15) is 0 Å². The van der Waals surface area contributed by atoms with Crippen LogP contribution >= 0.6 is 0 Å². The van der Waals surface area contributed by atoms with Crippen LogP contribution in [-0.2, 0) is 4.79 Å². The highest BCUT2D eigenvalue weighted by atomic mass is 16.2. The molecular weight excluding hydrogens is 238 g/mol. The molecule has 0 aromatic heterocycles. The Kier molecular flexibility index (Phi) is 7.39. The molecule has 4 heteroatoms. The first-order chi connectivity index (χ1) is 9.06. The number of piperidine rings is 1. The largest absolute Gasteiger partial charge is 0.355 e. The van der Waals surface area contributed by atoms with Crippen molar-refractivity contribution in [2.45, 2.75) is 59.0 Å². The molecule has 1 saturated heterocycles. The third-order valence-corrected chi connectivity index (χ3v) is 3.83. The molecule has 112 valence electrons. The Morgan fingerprint density at radius 3 is 2.68 bits per heavy atom. The van der Waals surface area contributed by atoms with Gasteiger partial charge in [0.25, 0.3) is 0 Å². The number of likely N-dealkylation sites (N-methyl/N-ethyl adjacent to an activating group) is 1. The fourth-order valence-electron chi connectivity index (χ4n) is 2.76. The molecule has 0 saturated carbocycles. The van der Waals surface area contributed by atoms with E-state index in [-0.39, 0.29) is 11.9 Å². The second-order valence-corrected chi connectivity index (χ2v) is 6.01. The predicted molar refractivity (Wildman–Crippen MR) is 80.2 cm³/mol. The lowest BCUT2D eigenvalue weighted by molar-refractivity contribution is -0.127. The van der Waals surface area contributed by atoms with Crippen LogP contribution in [0.3, 0.4) is 0 Å². The number of hydrogen-bond donors (Lipinski definition) is 2. The highest BCUT2D eigenvalue weighted by Gasteiger charge is 2.29. The van der Waals surface area contributed by atoms with Gasteiger partial charge in [-0.1, -0.05) is 20.3 Å². The highest BCUT2D eigenvalue weighted by Crippen LogP contribution is 2.19. The molecule has 1 aliphatic heterocycles. The first-order valence-corrected chi connectivity index (χ1v) is 7.80. The number of likely N-dealkylation sites (tertiary alicyclic amines) is 1. The van der Waals surface area contributed by atoms with Crippen molar-refractivity contribution in [1.82, 2.24) is 15.5 Å². The predicted octanol–water partition coefficient (Wildman–Crippen LogP) is 1.61. The van der Waals surface area contributed by atoms with E-state index < -0.39 is 0 Å². The van der Waals surface area contributed by atoms with Gasteiger partial charge in [-0.15, -0.1) is 0 Å². The van der Waals surface area contributed by atoms with E-state index in [1.807, 2.05) is 13.8 Å². The maximum atomic E-state index is 12.0. The van der Waals surface area contributed by atoms with Crippen molar-refractivity contribution >= 4 is 5.91 Å². The van der Waals surface area contributed by atoms with Crippen LogP contribution in [0.15, 0.2) is 0 Å². The Morgan fingerprint density at radius 2 is 2.05 bits per heavy atom.